The molecule has 22 heavy (non-hydrogen) atoms. The van der Waals surface area contributed by atoms with Gasteiger partial charge in [0.15, 0.2) is 0 Å². The smallest absolute Gasteiger partial charge is 0.343 e. The van der Waals surface area contributed by atoms with Gasteiger partial charge in [0.05, 0.1) is 19.3 Å². The monoisotopic (exact) mass is 300 g/mol. The Morgan fingerprint density at radius 2 is 1.64 bits per heavy atom. The summed E-state index contributed by atoms with van der Waals surface area (Å²) in [6.45, 7) is 1.29. The van der Waals surface area contributed by atoms with E-state index in [0.717, 1.165) is 6.61 Å². The van der Waals surface area contributed by atoms with Crippen molar-refractivity contribution in [2.45, 2.75) is 6.10 Å². The Bertz CT molecular complexity index is 629. The molecule has 1 atom stereocenters. The molecular weight excluding hydrogens is 284 g/mol. The third-order valence-corrected chi connectivity index (χ3v) is 3.20. The lowest BCUT2D eigenvalue weighted by atomic mass is 10.2. The highest BCUT2D eigenvalue weighted by molar-refractivity contribution is 5.91. The second-order valence-corrected chi connectivity index (χ2v) is 4.86. The summed E-state index contributed by atoms with van der Waals surface area (Å²) in [5, 5.41) is 0. The fourth-order valence-corrected chi connectivity index (χ4v) is 1.85. The fraction of sp³-hybridized carbons (Fsp3) is 0.235. The Balaban J connectivity index is 1.58. The SMILES string of the molecule is COc1ccc(OC(=O)c2ccc(OCC3CO3)cc2)cc1. The topological polar surface area (TPSA) is 57.3 Å². The summed E-state index contributed by atoms with van der Waals surface area (Å²) in [5.41, 5.74) is 0.464. The number of methoxy groups -OCH3 is 1. The molecule has 0 saturated carbocycles. The van der Waals surface area contributed by atoms with Crippen molar-refractivity contribution in [2.75, 3.05) is 20.3 Å². The second-order valence-electron chi connectivity index (χ2n) is 4.86. The van der Waals surface area contributed by atoms with Gasteiger partial charge in [-0.05, 0) is 48.5 Å². The van der Waals surface area contributed by atoms with Crippen molar-refractivity contribution >= 4 is 5.97 Å². The number of ether oxygens (including phenoxy) is 4. The van der Waals surface area contributed by atoms with Crippen LogP contribution in [0.3, 0.4) is 0 Å². The summed E-state index contributed by atoms with van der Waals surface area (Å²) in [4.78, 5) is 12.0. The fourth-order valence-electron chi connectivity index (χ4n) is 1.85. The molecule has 5 nitrogen and oxygen atoms in total. The van der Waals surface area contributed by atoms with Gasteiger partial charge in [-0.15, -0.1) is 0 Å². The van der Waals surface area contributed by atoms with E-state index >= 15 is 0 Å². The van der Waals surface area contributed by atoms with Crippen molar-refractivity contribution in [3.63, 3.8) is 0 Å². The minimum absolute atomic E-state index is 0.208. The zero-order valence-corrected chi connectivity index (χ0v) is 12.2. The van der Waals surface area contributed by atoms with Crippen LogP contribution in [0.15, 0.2) is 48.5 Å². The van der Waals surface area contributed by atoms with Gasteiger partial charge in [-0.3, -0.25) is 0 Å². The van der Waals surface area contributed by atoms with Crippen molar-refractivity contribution in [3.05, 3.63) is 54.1 Å². The maximum Gasteiger partial charge on any atom is 0.343 e. The molecule has 0 spiro atoms. The molecule has 1 fully saturated rings. The summed E-state index contributed by atoms with van der Waals surface area (Å²) in [7, 11) is 1.58. The van der Waals surface area contributed by atoms with Gasteiger partial charge in [-0.1, -0.05) is 0 Å². The highest BCUT2D eigenvalue weighted by atomic mass is 16.6. The Kier molecular flexibility index (Phi) is 4.25. The summed E-state index contributed by atoms with van der Waals surface area (Å²) < 4.78 is 20.9. The van der Waals surface area contributed by atoms with Crippen LogP contribution in [-0.2, 0) is 4.74 Å². The van der Waals surface area contributed by atoms with Crippen molar-refractivity contribution in [3.8, 4) is 17.2 Å². The van der Waals surface area contributed by atoms with Crippen molar-refractivity contribution < 1.29 is 23.7 Å². The van der Waals surface area contributed by atoms with Crippen LogP contribution in [0.5, 0.6) is 17.2 Å². The lowest BCUT2D eigenvalue weighted by Crippen LogP contribution is -2.09. The first-order chi connectivity index (χ1) is 10.7. The Labute approximate surface area is 128 Å². The standard InChI is InChI=1S/C17H16O5/c1-19-13-6-8-15(9-7-13)22-17(18)12-2-4-14(5-3-12)20-10-16-11-21-16/h2-9,16H,10-11H2,1H3. The molecule has 2 aromatic carbocycles. The van der Waals surface area contributed by atoms with E-state index in [4.69, 9.17) is 18.9 Å². The normalized spacial score (nSPS) is 16.0. The number of benzene rings is 2. The van der Waals surface area contributed by atoms with Crippen LogP contribution < -0.4 is 14.2 Å². The zero-order valence-electron chi connectivity index (χ0n) is 12.2. The minimum Gasteiger partial charge on any atom is -0.497 e. The predicted octanol–water partition coefficient (Wildman–Crippen LogP) is 2.69. The highest BCUT2D eigenvalue weighted by Crippen LogP contribution is 2.20. The van der Waals surface area contributed by atoms with E-state index in [2.05, 4.69) is 0 Å². The van der Waals surface area contributed by atoms with Gasteiger partial charge in [-0.25, -0.2) is 4.79 Å². The molecule has 114 valence electrons. The predicted molar refractivity (Wildman–Crippen MR) is 79.6 cm³/mol. The van der Waals surface area contributed by atoms with Crippen LogP contribution >= 0.6 is 0 Å². The number of carbonyl (C=O) groups is 1. The van der Waals surface area contributed by atoms with E-state index in [1.165, 1.54) is 0 Å². The molecule has 1 saturated heterocycles. The number of rotatable bonds is 6. The van der Waals surface area contributed by atoms with Crippen LogP contribution in [-0.4, -0.2) is 32.4 Å². The molecule has 5 heteroatoms. The highest BCUT2D eigenvalue weighted by Gasteiger charge is 2.23. The molecular formula is C17H16O5. The van der Waals surface area contributed by atoms with Crippen molar-refractivity contribution in [2.24, 2.45) is 0 Å². The molecule has 0 bridgehead atoms. The molecule has 1 aliphatic rings. The summed E-state index contributed by atoms with van der Waals surface area (Å²) in [5.74, 6) is 1.47. The minimum atomic E-state index is -0.415. The van der Waals surface area contributed by atoms with E-state index in [-0.39, 0.29) is 6.10 Å². The Morgan fingerprint density at radius 1 is 1.05 bits per heavy atom. The van der Waals surface area contributed by atoms with Gasteiger partial charge in [0.25, 0.3) is 0 Å². The first-order valence-corrected chi connectivity index (χ1v) is 6.95. The van der Waals surface area contributed by atoms with E-state index in [0.29, 0.717) is 29.4 Å². The molecule has 1 aliphatic heterocycles. The molecule has 3 rings (SSSR count). The zero-order chi connectivity index (χ0) is 15.4. The number of hydrogen-bond donors (Lipinski definition) is 0. The average molecular weight is 300 g/mol. The lowest BCUT2D eigenvalue weighted by Gasteiger charge is -2.07. The first-order valence-electron chi connectivity index (χ1n) is 6.95. The van der Waals surface area contributed by atoms with E-state index in [1.54, 1.807) is 55.6 Å². The second kappa shape index (κ2) is 6.49. The number of carbonyl (C=O) groups excluding carboxylic acids is 1. The Morgan fingerprint density at radius 3 is 2.23 bits per heavy atom. The largest absolute Gasteiger partial charge is 0.497 e. The number of epoxide rings is 1. The third-order valence-electron chi connectivity index (χ3n) is 3.20. The summed E-state index contributed by atoms with van der Waals surface area (Å²) in [6, 6.07) is 13.7. The van der Waals surface area contributed by atoms with Gasteiger partial charge >= 0.3 is 5.97 Å². The van der Waals surface area contributed by atoms with Gasteiger partial charge in [0.1, 0.15) is 30.0 Å². The quantitative estimate of drug-likeness (QED) is 0.466. The Hall–Kier alpha value is -2.53. The first kappa shape index (κ1) is 14.4. The molecule has 0 amide bonds. The van der Waals surface area contributed by atoms with Gasteiger partial charge in [-0.2, -0.15) is 0 Å². The number of esters is 1. The molecule has 0 aliphatic carbocycles. The van der Waals surface area contributed by atoms with Gasteiger partial charge < -0.3 is 18.9 Å². The van der Waals surface area contributed by atoms with Crippen molar-refractivity contribution in [1.29, 1.82) is 0 Å². The maximum absolute atomic E-state index is 12.0. The van der Waals surface area contributed by atoms with Crippen LogP contribution in [0.4, 0.5) is 0 Å². The van der Waals surface area contributed by atoms with E-state index in [1.807, 2.05) is 0 Å². The van der Waals surface area contributed by atoms with Crippen LogP contribution in [0, 0.1) is 0 Å². The van der Waals surface area contributed by atoms with Crippen LogP contribution in [0.1, 0.15) is 10.4 Å². The molecule has 0 N–H and O–H groups in total. The molecule has 0 aromatic heterocycles. The maximum atomic E-state index is 12.0. The molecule has 2 aromatic rings. The average Bonchev–Trinajstić information content (AvgIpc) is 3.38. The van der Waals surface area contributed by atoms with E-state index < -0.39 is 5.97 Å². The molecule has 0 radical (unpaired) electrons. The van der Waals surface area contributed by atoms with Gasteiger partial charge in [0.2, 0.25) is 0 Å². The van der Waals surface area contributed by atoms with Crippen molar-refractivity contribution in [1.82, 2.24) is 0 Å². The molecule has 1 unspecified atom stereocenters. The number of hydrogen-bond acceptors (Lipinski definition) is 5. The van der Waals surface area contributed by atoms with E-state index in [9.17, 15) is 4.79 Å². The lowest BCUT2D eigenvalue weighted by molar-refractivity contribution is 0.0734. The van der Waals surface area contributed by atoms with Crippen LogP contribution in [0.25, 0.3) is 0 Å². The summed E-state index contributed by atoms with van der Waals surface area (Å²) in [6.07, 6.45) is 0.208. The van der Waals surface area contributed by atoms with Gasteiger partial charge in [0, 0.05) is 0 Å². The third kappa shape index (κ3) is 3.77. The molecule has 1 heterocycles. The van der Waals surface area contributed by atoms with Crippen LogP contribution in [0.2, 0.25) is 0 Å². The summed E-state index contributed by atoms with van der Waals surface area (Å²) >= 11 is 0.